The lowest BCUT2D eigenvalue weighted by Gasteiger charge is -1.96. The van der Waals surface area contributed by atoms with Gasteiger partial charge in [0, 0.05) is 0 Å². The number of aromatic nitrogens is 2. The van der Waals surface area contributed by atoms with Gasteiger partial charge in [-0.3, -0.25) is 9.11 Å². The number of hydrogen-bond donors (Lipinski definition) is 2. The van der Waals surface area contributed by atoms with E-state index in [-0.39, 0.29) is 5.16 Å². The van der Waals surface area contributed by atoms with Crippen LogP contribution in [-0.2, 0) is 34.1 Å². The molecule has 0 saturated heterocycles. The summed E-state index contributed by atoms with van der Waals surface area (Å²) in [5.74, 6) is 0. The highest BCUT2D eigenvalue weighted by Gasteiger charge is 2.26. The third-order valence-corrected chi connectivity index (χ3v) is 2.70. The van der Waals surface area contributed by atoms with E-state index in [1.807, 2.05) is 6.92 Å². The van der Waals surface area contributed by atoms with Gasteiger partial charge in [-0.2, -0.15) is 8.42 Å². The van der Waals surface area contributed by atoms with Crippen molar-refractivity contribution in [2.75, 3.05) is 0 Å². The van der Waals surface area contributed by atoms with E-state index < -0.39 is 20.5 Å². The Morgan fingerprint density at radius 2 is 1.78 bits per heavy atom. The molecule has 0 fully saturated rings. The van der Waals surface area contributed by atoms with Crippen molar-refractivity contribution in [3.05, 3.63) is 12.4 Å². The van der Waals surface area contributed by atoms with E-state index in [0.29, 0.717) is 6.54 Å². The second-order valence-corrected chi connectivity index (χ2v) is 5.46. The summed E-state index contributed by atoms with van der Waals surface area (Å²) in [6, 6.07) is 0. The molecule has 0 bridgehead atoms. The van der Waals surface area contributed by atoms with E-state index in [1.165, 1.54) is 9.13 Å². The van der Waals surface area contributed by atoms with Crippen molar-refractivity contribution in [1.82, 2.24) is 4.57 Å². The maximum absolute atomic E-state index is 10.9. The fraction of sp³-hybridized carbons (Fsp3) is 0.571. The van der Waals surface area contributed by atoms with Crippen molar-refractivity contribution in [3.63, 3.8) is 0 Å². The highest BCUT2D eigenvalue weighted by Crippen LogP contribution is 2.01. The first-order valence-corrected chi connectivity index (χ1v) is 7.48. The van der Waals surface area contributed by atoms with Crippen molar-refractivity contribution >= 4 is 20.5 Å². The third-order valence-electron chi connectivity index (χ3n) is 1.71. The number of imidazole rings is 1. The summed E-state index contributed by atoms with van der Waals surface area (Å²) < 4.78 is 66.5. The molecule has 18 heavy (non-hydrogen) atoms. The van der Waals surface area contributed by atoms with E-state index in [0.717, 1.165) is 6.42 Å². The molecule has 0 spiro atoms. The summed E-state index contributed by atoms with van der Waals surface area (Å²) >= 11 is 0. The van der Waals surface area contributed by atoms with Gasteiger partial charge in [0.15, 0.2) is 0 Å². The van der Waals surface area contributed by atoms with Gasteiger partial charge in [0.2, 0.25) is 10.4 Å². The summed E-state index contributed by atoms with van der Waals surface area (Å²) in [6.45, 7) is 2.52. The standard InChI is InChI=1S/C7H12N2O3S.H2O4S/c1-3-4-9-6-5-8(2)7(9)13(10,11)12;1-5(2,3)4/h5-6H,3-4H2,1-2H3;(H2,1,2,3,4). The van der Waals surface area contributed by atoms with Crippen LogP contribution in [0.3, 0.4) is 0 Å². The lowest BCUT2D eigenvalue weighted by Crippen LogP contribution is -2.38. The molecule has 0 atom stereocenters. The topological polar surface area (TPSA) is 141 Å². The Labute approximate surface area is 105 Å². The fourth-order valence-corrected chi connectivity index (χ4v) is 2.13. The zero-order valence-corrected chi connectivity index (χ0v) is 11.3. The second kappa shape index (κ2) is 6.24. The first-order valence-electron chi connectivity index (χ1n) is 4.67. The summed E-state index contributed by atoms with van der Waals surface area (Å²) in [7, 11) is -7.46. The maximum Gasteiger partial charge on any atom is 0.402 e. The summed E-state index contributed by atoms with van der Waals surface area (Å²) in [4.78, 5) is 0. The molecule has 1 aromatic heterocycles. The predicted molar refractivity (Wildman–Crippen MR) is 58.0 cm³/mol. The molecule has 0 saturated carbocycles. The second-order valence-electron chi connectivity index (χ2n) is 3.29. The van der Waals surface area contributed by atoms with Crippen molar-refractivity contribution < 1.29 is 35.1 Å². The molecule has 106 valence electrons. The molecule has 1 heterocycles. The molecule has 0 aromatic carbocycles. The number of aryl methyl sites for hydroxylation is 2. The zero-order valence-electron chi connectivity index (χ0n) is 9.72. The molecule has 0 unspecified atom stereocenters. The quantitative estimate of drug-likeness (QED) is 0.413. The lowest BCUT2D eigenvalue weighted by molar-refractivity contribution is -0.734. The van der Waals surface area contributed by atoms with Crippen molar-refractivity contribution in [2.24, 2.45) is 7.05 Å². The Bertz CT molecular complexity index is 579. The van der Waals surface area contributed by atoms with Gasteiger partial charge in [-0.25, -0.2) is 17.6 Å². The fourth-order valence-electron chi connectivity index (χ4n) is 1.25. The maximum atomic E-state index is 10.9. The van der Waals surface area contributed by atoms with E-state index in [4.69, 9.17) is 22.1 Å². The average molecular weight is 302 g/mol. The van der Waals surface area contributed by atoms with Gasteiger partial charge in [0.25, 0.3) is 0 Å². The molecule has 0 aliphatic heterocycles. The van der Waals surface area contributed by atoms with Gasteiger partial charge >= 0.3 is 15.3 Å². The molecule has 1 aromatic rings. The summed E-state index contributed by atoms with van der Waals surface area (Å²) in [5.41, 5.74) is 0. The number of rotatable bonds is 3. The Morgan fingerprint density at radius 1 is 1.33 bits per heavy atom. The largest absolute Gasteiger partial charge is 0.726 e. The molecule has 11 heteroatoms. The van der Waals surface area contributed by atoms with Crippen molar-refractivity contribution in [3.8, 4) is 0 Å². The zero-order chi connectivity index (χ0) is 14.6. The van der Waals surface area contributed by atoms with Crippen LogP contribution >= 0.6 is 0 Å². The van der Waals surface area contributed by atoms with Crippen LogP contribution in [0.4, 0.5) is 0 Å². The minimum atomic E-state index is -4.92. The van der Waals surface area contributed by atoms with Crippen LogP contribution in [-0.4, -0.2) is 35.1 Å². The minimum absolute atomic E-state index is 0.0747. The van der Waals surface area contributed by atoms with Crippen molar-refractivity contribution in [2.45, 2.75) is 25.0 Å². The average Bonchev–Trinajstić information content (AvgIpc) is 2.43. The lowest BCUT2D eigenvalue weighted by atomic mass is 10.5. The SMILES string of the molecule is CCC[n+]1ccn(C)c1S(=O)(=O)O.O=S(=O)([O-])O. The molecule has 0 amide bonds. The van der Waals surface area contributed by atoms with Crippen LogP contribution in [0.25, 0.3) is 0 Å². The third kappa shape index (κ3) is 6.66. The van der Waals surface area contributed by atoms with Crippen LogP contribution in [0.5, 0.6) is 0 Å². The van der Waals surface area contributed by atoms with Gasteiger partial charge < -0.3 is 4.55 Å². The van der Waals surface area contributed by atoms with E-state index in [1.54, 1.807) is 19.4 Å². The molecule has 1 rings (SSSR count). The highest BCUT2D eigenvalue weighted by atomic mass is 32.3. The van der Waals surface area contributed by atoms with E-state index >= 15 is 0 Å². The molecule has 0 radical (unpaired) electrons. The van der Waals surface area contributed by atoms with E-state index in [2.05, 4.69) is 0 Å². The van der Waals surface area contributed by atoms with Gasteiger partial charge in [-0.05, 0) is 6.42 Å². The molecule has 9 nitrogen and oxygen atoms in total. The van der Waals surface area contributed by atoms with Gasteiger partial charge in [0.05, 0.1) is 13.6 Å². The normalized spacial score (nSPS) is 11.8. The molecular formula is C7H14N2O7S2. The Hall–Kier alpha value is -1.01. The van der Waals surface area contributed by atoms with Crippen LogP contribution in [0, 0.1) is 0 Å². The predicted octanol–water partition coefficient (Wildman–Crippen LogP) is -1.03. The van der Waals surface area contributed by atoms with Crippen LogP contribution < -0.4 is 4.57 Å². The summed E-state index contributed by atoms with van der Waals surface area (Å²) in [5, 5.41) is -0.0747. The Balaban J connectivity index is 0.000000494. The number of hydrogen-bond acceptors (Lipinski definition) is 5. The van der Waals surface area contributed by atoms with E-state index in [9.17, 15) is 8.42 Å². The highest BCUT2D eigenvalue weighted by molar-refractivity contribution is 7.85. The first-order chi connectivity index (χ1) is 7.96. The first kappa shape index (κ1) is 17.0. The minimum Gasteiger partial charge on any atom is -0.726 e. The van der Waals surface area contributed by atoms with Gasteiger partial charge in [-0.1, -0.05) is 6.92 Å². The monoisotopic (exact) mass is 302 g/mol. The molecule has 2 N–H and O–H groups in total. The Morgan fingerprint density at radius 3 is 2.11 bits per heavy atom. The molecular weight excluding hydrogens is 288 g/mol. The van der Waals surface area contributed by atoms with Gasteiger partial charge in [0.1, 0.15) is 12.4 Å². The van der Waals surface area contributed by atoms with Crippen LogP contribution in [0.15, 0.2) is 17.6 Å². The van der Waals surface area contributed by atoms with Crippen LogP contribution in [0.2, 0.25) is 0 Å². The Kier molecular flexibility index (Phi) is 5.89. The van der Waals surface area contributed by atoms with Crippen LogP contribution in [0.1, 0.15) is 13.3 Å². The smallest absolute Gasteiger partial charge is 0.402 e. The number of nitrogens with zero attached hydrogens (tertiary/aromatic N) is 2. The molecule has 0 aliphatic rings. The van der Waals surface area contributed by atoms with Gasteiger partial charge in [-0.15, -0.1) is 0 Å². The summed E-state index contributed by atoms with van der Waals surface area (Å²) in [6.07, 6.45) is 4.04. The molecule has 0 aliphatic carbocycles. The van der Waals surface area contributed by atoms with Crippen molar-refractivity contribution in [1.29, 1.82) is 0 Å².